The monoisotopic (exact) mass is 259 g/mol. The fourth-order valence-electron chi connectivity index (χ4n) is 3.18. The van der Waals surface area contributed by atoms with Gasteiger partial charge in [0.15, 0.2) is 0 Å². The van der Waals surface area contributed by atoms with Gasteiger partial charge < -0.3 is 5.73 Å². The molecule has 0 radical (unpaired) electrons. The van der Waals surface area contributed by atoms with E-state index in [1.165, 1.54) is 41.3 Å². The van der Waals surface area contributed by atoms with E-state index < -0.39 is 0 Å². The molecule has 1 heterocycles. The van der Waals surface area contributed by atoms with Crippen molar-refractivity contribution in [2.75, 3.05) is 0 Å². The quantitative estimate of drug-likeness (QED) is 0.829. The van der Waals surface area contributed by atoms with Gasteiger partial charge in [0, 0.05) is 10.7 Å². The third kappa shape index (κ3) is 2.19. The van der Waals surface area contributed by atoms with Gasteiger partial charge in [-0.25, -0.2) is 0 Å². The lowest BCUT2D eigenvalue weighted by Gasteiger charge is -2.31. The number of fused-ring (bicyclic) bond motifs is 1. The molecule has 1 unspecified atom stereocenters. The van der Waals surface area contributed by atoms with Gasteiger partial charge in [0.05, 0.1) is 0 Å². The first-order valence-electron chi connectivity index (χ1n) is 6.97. The lowest BCUT2D eigenvalue weighted by molar-refractivity contribution is 0.257. The Morgan fingerprint density at radius 2 is 1.94 bits per heavy atom. The van der Waals surface area contributed by atoms with Gasteiger partial charge in [0.1, 0.15) is 0 Å². The van der Waals surface area contributed by atoms with E-state index in [2.05, 4.69) is 36.6 Å². The molecule has 1 saturated carbocycles. The summed E-state index contributed by atoms with van der Waals surface area (Å²) in [6.07, 6.45) is 5.28. The Kier molecular flexibility index (Phi) is 3.40. The second-order valence-electron chi connectivity index (χ2n) is 5.73. The Morgan fingerprint density at radius 1 is 1.17 bits per heavy atom. The average Bonchev–Trinajstić information content (AvgIpc) is 2.87. The van der Waals surface area contributed by atoms with Crippen molar-refractivity contribution in [1.82, 2.24) is 0 Å². The van der Waals surface area contributed by atoms with E-state index in [1.54, 1.807) is 0 Å². The maximum absolute atomic E-state index is 6.55. The van der Waals surface area contributed by atoms with Gasteiger partial charge in [-0.3, -0.25) is 0 Å². The smallest absolute Gasteiger partial charge is 0.0390 e. The maximum Gasteiger partial charge on any atom is 0.0390 e. The van der Waals surface area contributed by atoms with Crippen molar-refractivity contribution in [1.29, 1.82) is 0 Å². The zero-order valence-corrected chi connectivity index (χ0v) is 11.7. The number of benzene rings is 1. The summed E-state index contributed by atoms with van der Waals surface area (Å²) in [6.45, 7) is 2.36. The van der Waals surface area contributed by atoms with Crippen LogP contribution in [0.5, 0.6) is 0 Å². The number of nitrogens with two attached hydrogens (primary N) is 1. The highest BCUT2D eigenvalue weighted by Crippen LogP contribution is 2.38. The van der Waals surface area contributed by atoms with Crippen LogP contribution in [0.25, 0.3) is 10.1 Å². The van der Waals surface area contributed by atoms with Gasteiger partial charge >= 0.3 is 0 Å². The van der Waals surface area contributed by atoms with Crippen LogP contribution in [-0.4, -0.2) is 0 Å². The molecule has 0 spiro atoms. The molecule has 1 aromatic carbocycles. The summed E-state index contributed by atoms with van der Waals surface area (Å²) in [7, 11) is 0. The number of hydrogen-bond acceptors (Lipinski definition) is 2. The molecule has 1 aliphatic rings. The summed E-state index contributed by atoms with van der Waals surface area (Å²) in [5.74, 6) is 1.57. The van der Waals surface area contributed by atoms with Crippen LogP contribution in [0.15, 0.2) is 29.6 Å². The van der Waals surface area contributed by atoms with Crippen LogP contribution < -0.4 is 5.73 Å². The normalized spacial score (nSPS) is 26.3. The second kappa shape index (κ2) is 5.02. The highest BCUT2D eigenvalue weighted by molar-refractivity contribution is 7.17. The maximum atomic E-state index is 6.55. The molecular formula is C16H21NS. The first-order valence-corrected chi connectivity index (χ1v) is 7.85. The Hall–Kier alpha value is -0.860. The lowest BCUT2D eigenvalue weighted by Crippen LogP contribution is -2.25. The number of hydrogen-bond donors (Lipinski definition) is 1. The minimum absolute atomic E-state index is 0.222. The molecule has 2 heteroatoms. The van der Waals surface area contributed by atoms with Gasteiger partial charge in [-0.1, -0.05) is 38.0 Å². The summed E-state index contributed by atoms with van der Waals surface area (Å²) in [5.41, 5.74) is 7.91. The van der Waals surface area contributed by atoms with E-state index in [0.29, 0.717) is 5.92 Å². The average molecular weight is 259 g/mol. The van der Waals surface area contributed by atoms with Gasteiger partial charge in [-0.15, -0.1) is 11.3 Å². The van der Waals surface area contributed by atoms with Crippen molar-refractivity contribution in [3.05, 3.63) is 35.2 Å². The van der Waals surface area contributed by atoms with Gasteiger partial charge in [-0.05, 0) is 47.1 Å². The van der Waals surface area contributed by atoms with E-state index in [9.17, 15) is 0 Å². The zero-order valence-electron chi connectivity index (χ0n) is 10.9. The largest absolute Gasteiger partial charge is 0.324 e. The van der Waals surface area contributed by atoms with Gasteiger partial charge in [0.2, 0.25) is 0 Å². The Bertz CT molecular complexity index is 523. The van der Waals surface area contributed by atoms with Crippen LogP contribution in [0, 0.1) is 11.8 Å². The van der Waals surface area contributed by atoms with Crippen LogP contribution >= 0.6 is 11.3 Å². The zero-order chi connectivity index (χ0) is 12.5. The third-order valence-electron chi connectivity index (χ3n) is 4.44. The van der Waals surface area contributed by atoms with E-state index in [0.717, 1.165) is 5.92 Å². The number of thiophene rings is 1. The van der Waals surface area contributed by atoms with Crippen LogP contribution in [0.4, 0.5) is 0 Å². The molecule has 0 amide bonds. The molecule has 2 aromatic rings. The minimum Gasteiger partial charge on any atom is -0.324 e. The first-order chi connectivity index (χ1) is 8.75. The Morgan fingerprint density at radius 3 is 2.72 bits per heavy atom. The Balaban J connectivity index is 1.87. The molecule has 1 atom stereocenters. The van der Waals surface area contributed by atoms with Gasteiger partial charge in [0.25, 0.3) is 0 Å². The van der Waals surface area contributed by atoms with Gasteiger partial charge in [-0.2, -0.15) is 0 Å². The van der Waals surface area contributed by atoms with Crippen LogP contribution in [0.1, 0.15) is 44.2 Å². The molecule has 0 aliphatic heterocycles. The SMILES string of the molecule is CC1CCC(C(N)c2cccc3ccsc23)CC1. The highest BCUT2D eigenvalue weighted by Gasteiger charge is 2.25. The van der Waals surface area contributed by atoms with Crippen molar-refractivity contribution in [2.24, 2.45) is 17.6 Å². The summed E-state index contributed by atoms with van der Waals surface area (Å²) >= 11 is 1.83. The highest BCUT2D eigenvalue weighted by atomic mass is 32.1. The molecule has 3 rings (SSSR count). The molecular weight excluding hydrogens is 238 g/mol. The standard InChI is InChI=1S/C16H21NS/c1-11-5-7-12(8-6-11)15(17)14-4-2-3-13-9-10-18-16(13)14/h2-4,9-12,15H,5-8,17H2,1H3. The molecule has 1 aliphatic carbocycles. The molecule has 2 N–H and O–H groups in total. The Labute approximate surface area is 113 Å². The minimum atomic E-state index is 0.222. The number of rotatable bonds is 2. The van der Waals surface area contributed by atoms with E-state index in [-0.39, 0.29) is 6.04 Å². The fourth-order valence-corrected chi connectivity index (χ4v) is 4.14. The van der Waals surface area contributed by atoms with Crippen molar-refractivity contribution in [3.8, 4) is 0 Å². The molecule has 1 fully saturated rings. The van der Waals surface area contributed by atoms with Crippen LogP contribution in [-0.2, 0) is 0 Å². The summed E-state index contributed by atoms with van der Waals surface area (Å²) in [4.78, 5) is 0. The predicted octanol–water partition coefficient (Wildman–Crippen LogP) is 4.73. The van der Waals surface area contributed by atoms with Crippen molar-refractivity contribution in [2.45, 2.75) is 38.6 Å². The molecule has 0 saturated heterocycles. The van der Waals surface area contributed by atoms with Crippen LogP contribution in [0.3, 0.4) is 0 Å². The van der Waals surface area contributed by atoms with Crippen molar-refractivity contribution >= 4 is 21.4 Å². The first kappa shape index (κ1) is 12.2. The van der Waals surface area contributed by atoms with Crippen molar-refractivity contribution in [3.63, 3.8) is 0 Å². The lowest BCUT2D eigenvalue weighted by atomic mass is 9.77. The second-order valence-corrected chi connectivity index (χ2v) is 6.65. The predicted molar refractivity (Wildman–Crippen MR) is 79.9 cm³/mol. The topological polar surface area (TPSA) is 26.0 Å². The molecule has 1 aromatic heterocycles. The third-order valence-corrected chi connectivity index (χ3v) is 5.42. The summed E-state index contributed by atoms with van der Waals surface area (Å²) in [6, 6.07) is 8.97. The summed E-state index contributed by atoms with van der Waals surface area (Å²) in [5, 5.41) is 3.52. The molecule has 96 valence electrons. The van der Waals surface area contributed by atoms with E-state index in [4.69, 9.17) is 5.73 Å². The van der Waals surface area contributed by atoms with E-state index in [1.807, 2.05) is 11.3 Å². The van der Waals surface area contributed by atoms with Crippen LogP contribution in [0.2, 0.25) is 0 Å². The summed E-state index contributed by atoms with van der Waals surface area (Å²) < 4.78 is 1.39. The van der Waals surface area contributed by atoms with Crippen molar-refractivity contribution < 1.29 is 0 Å². The molecule has 0 bridgehead atoms. The molecule has 18 heavy (non-hydrogen) atoms. The van der Waals surface area contributed by atoms with E-state index >= 15 is 0 Å². The molecule has 1 nitrogen and oxygen atoms in total. The fraction of sp³-hybridized carbons (Fsp3) is 0.500.